The molecule has 0 spiro atoms. The molecule has 3 rings (SSSR count). The van der Waals surface area contributed by atoms with Gasteiger partial charge in [-0.1, -0.05) is 6.92 Å². The lowest BCUT2D eigenvalue weighted by Crippen LogP contribution is -2.33. The van der Waals surface area contributed by atoms with Crippen molar-refractivity contribution < 1.29 is 4.79 Å². The molecule has 1 aliphatic heterocycles. The highest BCUT2D eigenvalue weighted by Gasteiger charge is 2.42. The predicted molar refractivity (Wildman–Crippen MR) is 80.7 cm³/mol. The molecule has 1 aromatic heterocycles. The zero-order chi connectivity index (χ0) is 14.1. The van der Waals surface area contributed by atoms with E-state index in [1.165, 1.54) is 6.42 Å². The number of nitrogens with two attached hydrogens (primary N) is 1. The third-order valence-corrected chi connectivity index (χ3v) is 5.30. The van der Waals surface area contributed by atoms with Crippen LogP contribution in [0.1, 0.15) is 30.1 Å². The van der Waals surface area contributed by atoms with Crippen molar-refractivity contribution in [2.24, 2.45) is 17.6 Å². The minimum absolute atomic E-state index is 0.104. The van der Waals surface area contributed by atoms with E-state index in [1.807, 2.05) is 17.0 Å². The second-order valence-corrected chi connectivity index (χ2v) is 6.98. The van der Waals surface area contributed by atoms with E-state index >= 15 is 0 Å². The Bertz CT molecular complexity index is 490. The number of thioether (sulfide) groups is 1. The monoisotopic (exact) mass is 291 g/mol. The SMILES string of the molecule is CCSc1ccc(C(=O)N2CC3CCC(N)C3C2)cn1. The summed E-state index contributed by atoms with van der Waals surface area (Å²) in [6, 6.07) is 4.10. The molecule has 108 valence electrons. The van der Waals surface area contributed by atoms with Gasteiger partial charge in [0.2, 0.25) is 0 Å². The molecule has 3 atom stereocenters. The van der Waals surface area contributed by atoms with Gasteiger partial charge in [0.15, 0.2) is 0 Å². The fourth-order valence-electron chi connectivity index (χ4n) is 3.40. The summed E-state index contributed by atoms with van der Waals surface area (Å²) in [5, 5.41) is 0.976. The van der Waals surface area contributed by atoms with Gasteiger partial charge in [-0.25, -0.2) is 4.98 Å². The number of carbonyl (C=O) groups is 1. The van der Waals surface area contributed by atoms with Crippen molar-refractivity contribution in [2.45, 2.75) is 30.8 Å². The topological polar surface area (TPSA) is 59.2 Å². The maximum atomic E-state index is 12.5. The van der Waals surface area contributed by atoms with Gasteiger partial charge in [0.1, 0.15) is 0 Å². The molecule has 1 amide bonds. The number of nitrogens with zero attached hydrogens (tertiary/aromatic N) is 2. The Hall–Kier alpha value is -1.07. The Morgan fingerprint density at radius 1 is 1.45 bits per heavy atom. The average molecular weight is 291 g/mol. The summed E-state index contributed by atoms with van der Waals surface area (Å²) in [6.45, 7) is 3.77. The van der Waals surface area contributed by atoms with Crippen molar-refractivity contribution in [3.63, 3.8) is 0 Å². The lowest BCUT2D eigenvalue weighted by molar-refractivity contribution is 0.0779. The van der Waals surface area contributed by atoms with Crippen molar-refractivity contribution in [1.29, 1.82) is 0 Å². The highest BCUT2D eigenvalue weighted by Crippen LogP contribution is 2.37. The van der Waals surface area contributed by atoms with E-state index in [0.717, 1.165) is 30.3 Å². The van der Waals surface area contributed by atoms with Gasteiger partial charge in [-0.15, -0.1) is 11.8 Å². The molecule has 4 nitrogen and oxygen atoms in total. The van der Waals surface area contributed by atoms with Gasteiger partial charge in [0, 0.05) is 25.3 Å². The molecule has 0 bridgehead atoms. The molecular weight excluding hydrogens is 270 g/mol. The lowest BCUT2D eigenvalue weighted by atomic mass is 9.98. The van der Waals surface area contributed by atoms with Crippen molar-refractivity contribution in [1.82, 2.24) is 9.88 Å². The van der Waals surface area contributed by atoms with Gasteiger partial charge in [0.25, 0.3) is 5.91 Å². The van der Waals surface area contributed by atoms with Gasteiger partial charge in [-0.2, -0.15) is 0 Å². The van der Waals surface area contributed by atoms with Crippen LogP contribution < -0.4 is 5.73 Å². The fourth-order valence-corrected chi connectivity index (χ4v) is 3.98. The van der Waals surface area contributed by atoms with E-state index in [9.17, 15) is 4.79 Å². The number of pyridine rings is 1. The van der Waals surface area contributed by atoms with Gasteiger partial charge in [0.05, 0.1) is 10.6 Å². The molecule has 0 aromatic carbocycles. The molecule has 2 N–H and O–H groups in total. The van der Waals surface area contributed by atoms with Crippen LogP contribution in [0.15, 0.2) is 23.4 Å². The van der Waals surface area contributed by atoms with E-state index in [2.05, 4.69) is 11.9 Å². The zero-order valence-electron chi connectivity index (χ0n) is 11.8. The summed E-state index contributed by atoms with van der Waals surface area (Å²) >= 11 is 1.69. The number of fused-ring (bicyclic) bond motifs is 1. The van der Waals surface area contributed by atoms with E-state index in [0.29, 0.717) is 17.4 Å². The Morgan fingerprint density at radius 3 is 2.95 bits per heavy atom. The summed E-state index contributed by atoms with van der Waals surface area (Å²) in [7, 11) is 0. The molecule has 1 saturated carbocycles. The summed E-state index contributed by atoms with van der Waals surface area (Å²) < 4.78 is 0. The predicted octanol–water partition coefficient (Wildman–Crippen LogP) is 2.00. The second-order valence-electron chi connectivity index (χ2n) is 5.69. The number of rotatable bonds is 3. The Morgan fingerprint density at radius 2 is 2.30 bits per heavy atom. The average Bonchev–Trinajstić information content (AvgIpc) is 3.02. The number of amides is 1. The zero-order valence-corrected chi connectivity index (χ0v) is 12.6. The highest BCUT2D eigenvalue weighted by molar-refractivity contribution is 7.99. The van der Waals surface area contributed by atoms with Gasteiger partial charge in [-0.05, 0) is 42.6 Å². The van der Waals surface area contributed by atoms with Crippen LogP contribution >= 0.6 is 11.8 Å². The number of likely N-dealkylation sites (tertiary alicyclic amines) is 1. The fraction of sp³-hybridized carbons (Fsp3) is 0.600. The van der Waals surface area contributed by atoms with Crippen LogP contribution in [0.4, 0.5) is 0 Å². The van der Waals surface area contributed by atoms with Crippen LogP contribution in [0.25, 0.3) is 0 Å². The first-order valence-electron chi connectivity index (χ1n) is 7.32. The maximum Gasteiger partial charge on any atom is 0.255 e. The number of hydrogen-bond donors (Lipinski definition) is 1. The standard InChI is InChI=1S/C15H21N3OS/c1-2-20-14-6-4-10(7-17-14)15(19)18-8-11-3-5-13(16)12(11)9-18/h4,6-7,11-13H,2-3,5,8-9,16H2,1H3. The molecule has 20 heavy (non-hydrogen) atoms. The first-order valence-corrected chi connectivity index (χ1v) is 8.31. The normalized spacial score (nSPS) is 28.7. The number of hydrogen-bond acceptors (Lipinski definition) is 4. The summed E-state index contributed by atoms with van der Waals surface area (Å²) in [5.74, 6) is 2.21. The summed E-state index contributed by atoms with van der Waals surface area (Å²) in [5.41, 5.74) is 6.81. The third kappa shape index (κ3) is 2.56. The number of aromatic nitrogens is 1. The molecular formula is C15H21N3OS. The minimum atomic E-state index is 0.104. The number of carbonyl (C=O) groups excluding carboxylic acids is 1. The molecule has 2 heterocycles. The van der Waals surface area contributed by atoms with Crippen LogP contribution in [0.2, 0.25) is 0 Å². The lowest BCUT2D eigenvalue weighted by Gasteiger charge is -2.18. The van der Waals surface area contributed by atoms with Crippen LogP contribution in [-0.2, 0) is 0 Å². The maximum absolute atomic E-state index is 12.5. The van der Waals surface area contributed by atoms with Crippen LogP contribution in [-0.4, -0.2) is 40.7 Å². The first-order chi connectivity index (χ1) is 9.69. The molecule has 1 saturated heterocycles. The molecule has 1 aliphatic carbocycles. The second kappa shape index (κ2) is 5.74. The van der Waals surface area contributed by atoms with Crippen molar-refractivity contribution in [3.8, 4) is 0 Å². The quantitative estimate of drug-likeness (QED) is 0.865. The Balaban J connectivity index is 1.67. The van der Waals surface area contributed by atoms with Gasteiger partial charge in [-0.3, -0.25) is 4.79 Å². The van der Waals surface area contributed by atoms with Crippen LogP contribution in [0, 0.1) is 11.8 Å². The minimum Gasteiger partial charge on any atom is -0.338 e. The summed E-state index contributed by atoms with van der Waals surface area (Å²) in [4.78, 5) is 18.8. The van der Waals surface area contributed by atoms with E-state index in [4.69, 9.17) is 5.73 Å². The van der Waals surface area contributed by atoms with Crippen molar-refractivity contribution in [2.75, 3.05) is 18.8 Å². The van der Waals surface area contributed by atoms with E-state index in [1.54, 1.807) is 18.0 Å². The third-order valence-electron chi connectivity index (χ3n) is 4.48. The molecule has 1 aromatic rings. The molecule has 2 aliphatic rings. The van der Waals surface area contributed by atoms with Gasteiger partial charge < -0.3 is 10.6 Å². The van der Waals surface area contributed by atoms with Crippen molar-refractivity contribution >= 4 is 17.7 Å². The molecule has 2 fully saturated rings. The molecule has 0 radical (unpaired) electrons. The van der Waals surface area contributed by atoms with E-state index in [-0.39, 0.29) is 11.9 Å². The van der Waals surface area contributed by atoms with Crippen LogP contribution in [0.3, 0.4) is 0 Å². The largest absolute Gasteiger partial charge is 0.338 e. The van der Waals surface area contributed by atoms with Crippen LogP contribution in [0.5, 0.6) is 0 Å². The smallest absolute Gasteiger partial charge is 0.255 e. The van der Waals surface area contributed by atoms with Gasteiger partial charge >= 0.3 is 0 Å². The first kappa shape index (κ1) is 13.9. The van der Waals surface area contributed by atoms with E-state index < -0.39 is 0 Å². The Kier molecular flexibility index (Phi) is 3.98. The molecule has 5 heteroatoms. The molecule has 3 unspecified atom stereocenters. The summed E-state index contributed by atoms with van der Waals surface area (Å²) in [6.07, 6.45) is 3.98. The van der Waals surface area contributed by atoms with Crippen molar-refractivity contribution in [3.05, 3.63) is 23.9 Å². The Labute approximate surface area is 124 Å². The highest BCUT2D eigenvalue weighted by atomic mass is 32.2.